The van der Waals surface area contributed by atoms with E-state index in [-0.39, 0.29) is 18.0 Å². The number of halogens is 2. The van der Waals surface area contributed by atoms with Gasteiger partial charge in [0, 0.05) is 85.0 Å². The van der Waals surface area contributed by atoms with Crippen molar-refractivity contribution in [1.82, 2.24) is 24.5 Å². The summed E-state index contributed by atoms with van der Waals surface area (Å²) in [6.07, 6.45) is 6.19. The SMILES string of the molecule is O=C(O[C@H](Cc1ccc(Br)c(Br)c1)C(=O)N1CCN(C2CCN(C3CC3)CC2)CC1)N1CCC(N2CCc3ccccc3NC2=O)CC1. The average Bonchev–Trinajstić information content (AvgIpc) is 3.97. The number of piperidine rings is 2. The summed E-state index contributed by atoms with van der Waals surface area (Å²) in [4.78, 5) is 51.5. The number of carbonyl (C=O) groups excluding carboxylic acids is 3. The lowest BCUT2D eigenvalue weighted by Crippen LogP contribution is -2.56. The lowest BCUT2D eigenvalue weighted by Gasteiger charge is -2.43. The van der Waals surface area contributed by atoms with E-state index in [2.05, 4.69) is 53.0 Å². The molecule has 4 aliphatic heterocycles. The van der Waals surface area contributed by atoms with E-state index in [1.807, 2.05) is 46.2 Å². The fourth-order valence-corrected chi connectivity index (χ4v) is 8.59. The molecule has 0 radical (unpaired) electrons. The smallest absolute Gasteiger partial charge is 0.410 e. The molecule has 5 aliphatic rings. The lowest BCUT2D eigenvalue weighted by atomic mass is 10.0. The van der Waals surface area contributed by atoms with Crippen LogP contribution >= 0.6 is 31.9 Å². The van der Waals surface area contributed by atoms with Crippen molar-refractivity contribution >= 4 is 55.6 Å². The summed E-state index contributed by atoms with van der Waals surface area (Å²) in [5, 5.41) is 3.06. The van der Waals surface area contributed by atoms with Crippen LogP contribution in [0.4, 0.5) is 15.3 Å². The molecule has 1 saturated carbocycles. The topological polar surface area (TPSA) is 88.7 Å². The van der Waals surface area contributed by atoms with Crippen molar-refractivity contribution in [2.24, 2.45) is 0 Å². The van der Waals surface area contributed by atoms with Crippen molar-refractivity contribution in [2.75, 3.05) is 64.2 Å². The number of hydrogen-bond acceptors (Lipinski definition) is 6. The molecule has 7 rings (SSSR count). The van der Waals surface area contributed by atoms with Crippen molar-refractivity contribution in [2.45, 2.75) is 75.6 Å². The molecule has 4 fully saturated rings. The van der Waals surface area contributed by atoms with Crippen LogP contribution in [0.1, 0.15) is 49.7 Å². The molecule has 48 heavy (non-hydrogen) atoms. The lowest BCUT2D eigenvalue weighted by molar-refractivity contribution is -0.143. The second kappa shape index (κ2) is 15.1. The molecule has 1 N–H and O–H groups in total. The number of benzene rings is 2. The molecule has 12 heteroatoms. The van der Waals surface area contributed by atoms with Gasteiger partial charge in [-0.1, -0.05) is 24.3 Å². The molecule has 4 heterocycles. The molecular weight excluding hydrogens is 740 g/mol. The van der Waals surface area contributed by atoms with Crippen molar-refractivity contribution in [3.8, 4) is 0 Å². The van der Waals surface area contributed by atoms with E-state index in [4.69, 9.17) is 4.74 Å². The third-order valence-corrected chi connectivity index (χ3v) is 12.8. The highest BCUT2D eigenvalue weighted by molar-refractivity contribution is 9.13. The molecular formula is C36H46Br2N6O4. The Morgan fingerprint density at radius 3 is 2.12 bits per heavy atom. The van der Waals surface area contributed by atoms with Gasteiger partial charge in [-0.3, -0.25) is 9.69 Å². The Kier molecular flexibility index (Phi) is 10.6. The average molecular weight is 787 g/mol. The van der Waals surface area contributed by atoms with Gasteiger partial charge in [0.25, 0.3) is 5.91 Å². The minimum atomic E-state index is -0.911. The number of anilines is 1. The van der Waals surface area contributed by atoms with Gasteiger partial charge in [0.05, 0.1) is 0 Å². The van der Waals surface area contributed by atoms with Gasteiger partial charge in [0.2, 0.25) is 0 Å². The molecule has 0 spiro atoms. The van der Waals surface area contributed by atoms with Crippen LogP contribution in [0, 0.1) is 0 Å². The van der Waals surface area contributed by atoms with Crippen molar-refractivity contribution < 1.29 is 19.1 Å². The van der Waals surface area contributed by atoms with E-state index >= 15 is 0 Å². The number of piperazine rings is 1. The number of likely N-dealkylation sites (tertiary alicyclic amines) is 2. The van der Waals surface area contributed by atoms with E-state index in [9.17, 15) is 14.4 Å². The number of para-hydroxylation sites is 1. The quantitative estimate of drug-likeness (QED) is 0.395. The van der Waals surface area contributed by atoms with Crippen molar-refractivity contribution in [1.29, 1.82) is 0 Å². The number of carbonyl (C=O) groups is 3. The minimum Gasteiger partial charge on any atom is -0.436 e. The summed E-state index contributed by atoms with van der Waals surface area (Å²) in [5.41, 5.74) is 2.93. The van der Waals surface area contributed by atoms with E-state index < -0.39 is 12.2 Å². The molecule has 0 unspecified atom stereocenters. The highest BCUT2D eigenvalue weighted by Crippen LogP contribution is 2.31. The summed E-state index contributed by atoms with van der Waals surface area (Å²) in [5.74, 6) is -0.124. The summed E-state index contributed by atoms with van der Waals surface area (Å²) < 4.78 is 7.90. The molecule has 258 valence electrons. The highest BCUT2D eigenvalue weighted by atomic mass is 79.9. The summed E-state index contributed by atoms with van der Waals surface area (Å²) in [6, 6.07) is 15.2. The first-order valence-corrected chi connectivity index (χ1v) is 19.2. The first-order chi connectivity index (χ1) is 23.3. The van der Waals surface area contributed by atoms with Crippen LogP contribution in [0.25, 0.3) is 0 Å². The Morgan fingerprint density at radius 2 is 1.42 bits per heavy atom. The van der Waals surface area contributed by atoms with E-state index in [1.54, 1.807) is 4.90 Å². The van der Waals surface area contributed by atoms with E-state index in [0.29, 0.717) is 58.0 Å². The van der Waals surface area contributed by atoms with Crippen LogP contribution in [0.3, 0.4) is 0 Å². The van der Waals surface area contributed by atoms with Gasteiger partial charge in [0.15, 0.2) is 6.10 Å². The van der Waals surface area contributed by atoms with Crippen LogP contribution in [0.5, 0.6) is 0 Å². The predicted octanol–water partition coefficient (Wildman–Crippen LogP) is 5.58. The van der Waals surface area contributed by atoms with Crippen LogP contribution in [-0.2, 0) is 22.4 Å². The number of amides is 4. The number of fused-ring (bicyclic) bond motifs is 1. The second-order valence-electron chi connectivity index (χ2n) is 13.9. The number of hydrogen-bond donors (Lipinski definition) is 1. The van der Waals surface area contributed by atoms with Gasteiger partial charge in [-0.25, -0.2) is 9.59 Å². The van der Waals surface area contributed by atoms with Gasteiger partial charge in [-0.2, -0.15) is 0 Å². The van der Waals surface area contributed by atoms with Crippen LogP contribution in [0.2, 0.25) is 0 Å². The Hall–Kier alpha value is -2.67. The fraction of sp³-hybridized carbons (Fsp3) is 0.583. The predicted molar refractivity (Wildman–Crippen MR) is 192 cm³/mol. The largest absolute Gasteiger partial charge is 0.436 e. The maximum Gasteiger partial charge on any atom is 0.410 e. The molecule has 2 aromatic rings. The van der Waals surface area contributed by atoms with Crippen molar-refractivity contribution in [3.63, 3.8) is 0 Å². The molecule has 0 aromatic heterocycles. The fourth-order valence-electron chi connectivity index (χ4n) is 7.92. The first kappa shape index (κ1) is 33.8. The Labute approximate surface area is 300 Å². The number of nitrogens with one attached hydrogen (secondary N) is 1. The number of urea groups is 1. The Balaban J connectivity index is 0.951. The zero-order chi connectivity index (χ0) is 33.2. The molecule has 1 aliphatic carbocycles. The van der Waals surface area contributed by atoms with E-state index in [1.165, 1.54) is 38.8 Å². The number of rotatable bonds is 7. The molecule has 0 bridgehead atoms. The van der Waals surface area contributed by atoms with Crippen LogP contribution in [-0.4, -0.2) is 126 Å². The standard InChI is InChI=1S/C36H46Br2N6O4/c37-30-8-5-25(23-31(30)38)24-33(34(45)42-21-19-41(20-22-42)28-10-14-40(15-11-28)27-6-7-27)48-36(47)43-16-12-29(13-17-43)44-18-9-26-3-1-2-4-32(26)39-35(44)46/h1-5,8,23,27-29,33H,6-7,9-22,24H2,(H,39,46)/t33-/m1/s1. The second-order valence-corrected chi connectivity index (χ2v) is 15.6. The molecule has 1 atom stereocenters. The minimum absolute atomic E-state index is 0.0400. The maximum atomic E-state index is 14.0. The van der Waals surface area contributed by atoms with Gasteiger partial charge in [-0.05, 0) is 119 Å². The summed E-state index contributed by atoms with van der Waals surface area (Å²) >= 11 is 7.11. The Morgan fingerprint density at radius 1 is 0.750 bits per heavy atom. The number of ether oxygens (including phenoxy) is 1. The summed E-state index contributed by atoms with van der Waals surface area (Å²) in [6.45, 7) is 6.97. The van der Waals surface area contributed by atoms with Gasteiger partial charge in [0.1, 0.15) is 0 Å². The van der Waals surface area contributed by atoms with Crippen LogP contribution in [0.15, 0.2) is 51.4 Å². The third kappa shape index (κ3) is 7.87. The van der Waals surface area contributed by atoms with Gasteiger partial charge < -0.3 is 29.7 Å². The third-order valence-electron chi connectivity index (χ3n) is 10.9. The number of nitrogens with zero attached hydrogens (tertiary/aromatic N) is 5. The van der Waals surface area contributed by atoms with E-state index in [0.717, 1.165) is 51.3 Å². The normalized spacial score (nSPS) is 22.5. The zero-order valence-electron chi connectivity index (χ0n) is 27.5. The van der Waals surface area contributed by atoms with Gasteiger partial charge >= 0.3 is 12.1 Å². The molecule has 4 amide bonds. The maximum absolute atomic E-state index is 14.0. The van der Waals surface area contributed by atoms with Crippen LogP contribution < -0.4 is 5.32 Å². The van der Waals surface area contributed by atoms with Crippen molar-refractivity contribution in [3.05, 3.63) is 62.5 Å². The van der Waals surface area contributed by atoms with Gasteiger partial charge in [-0.15, -0.1) is 0 Å². The molecule has 10 nitrogen and oxygen atoms in total. The highest BCUT2D eigenvalue weighted by Gasteiger charge is 2.37. The molecule has 2 aromatic carbocycles. The molecule has 3 saturated heterocycles. The Bertz CT molecular complexity index is 1480. The monoisotopic (exact) mass is 784 g/mol. The summed E-state index contributed by atoms with van der Waals surface area (Å²) in [7, 11) is 0. The zero-order valence-corrected chi connectivity index (χ0v) is 30.7. The first-order valence-electron chi connectivity index (χ1n) is 17.6.